The minimum absolute atomic E-state index is 0.0185. The zero-order chi connectivity index (χ0) is 20.4. The van der Waals surface area contributed by atoms with E-state index in [-0.39, 0.29) is 10.7 Å². The van der Waals surface area contributed by atoms with Crippen molar-refractivity contribution in [3.8, 4) is 11.5 Å². The van der Waals surface area contributed by atoms with Crippen LogP contribution in [-0.2, 0) is 16.6 Å². The van der Waals surface area contributed by atoms with Crippen LogP contribution in [0.2, 0.25) is 0 Å². The van der Waals surface area contributed by atoms with Gasteiger partial charge in [0.05, 0.1) is 5.69 Å². The third-order valence-electron chi connectivity index (χ3n) is 4.45. The minimum atomic E-state index is -0.513. The van der Waals surface area contributed by atoms with Crippen molar-refractivity contribution in [1.29, 1.82) is 0 Å². The van der Waals surface area contributed by atoms with E-state index in [4.69, 9.17) is 17.0 Å². The van der Waals surface area contributed by atoms with E-state index < -0.39 is 11.8 Å². The molecule has 1 N–H and O–H groups in total. The maximum absolute atomic E-state index is 13.0. The van der Waals surface area contributed by atoms with Gasteiger partial charge in [-0.15, -0.1) is 0 Å². The van der Waals surface area contributed by atoms with Crippen molar-refractivity contribution >= 4 is 40.9 Å². The van der Waals surface area contributed by atoms with Crippen LogP contribution < -0.4 is 15.0 Å². The molecule has 29 heavy (non-hydrogen) atoms. The Morgan fingerprint density at radius 2 is 1.62 bits per heavy atom. The Labute approximate surface area is 173 Å². The van der Waals surface area contributed by atoms with Gasteiger partial charge >= 0.3 is 0 Å². The average molecular weight is 403 g/mol. The fraction of sp³-hybridized carbons (Fsp3) is 0.0455. The van der Waals surface area contributed by atoms with E-state index in [0.717, 1.165) is 5.69 Å². The fourth-order valence-corrected chi connectivity index (χ4v) is 3.23. The van der Waals surface area contributed by atoms with Crippen molar-refractivity contribution in [2.45, 2.75) is 0 Å². The van der Waals surface area contributed by atoms with E-state index in [0.29, 0.717) is 17.2 Å². The van der Waals surface area contributed by atoms with Crippen molar-refractivity contribution in [2.75, 3.05) is 4.90 Å². The third kappa shape index (κ3) is 3.81. The number of nitrogens with zero attached hydrogens (tertiary/aromatic N) is 2. The van der Waals surface area contributed by atoms with Crippen LogP contribution >= 0.6 is 12.2 Å². The molecule has 0 saturated carbocycles. The average Bonchev–Trinajstić information content (AvgIpc) is 3.12. The molecular weight excluding hydrogens is 386 g/mol. The van der Waals surface area contributed by atoms with Gasteiger partial charge in [0.15, 0.2) is 5.11 Å². The van der Waals surface area contributed by atoms with Gasteiger partial charge in [-0.25, -0.2) is 0 Å². The largest absolute Gasteiger partial charge is 0.457 e. The van der Waals surface area contributed by atoms with E-state index in [1.807, 2.05) is 60.3 Å². The fourth-order valence-electron chi connectivity index (χ4n) is 2.95. The first kappa shape index (κ1) is 18.6. The molecule has 144 valence electrons. The van der Waals surface area contributed by atoms with Crippen LogP contribution in [0.3, 0.4) is 0 Å². The normalized spacial score (nSPS) is 15.6. The van der Waals surface area contributed by atoms with E-state index in [9.17, 15) is 9.59 Å². The highest BCUT2D eigenvalue weighted by Gasteiger charge is 2.34. The highest BCUT2D eigenvalue weighted by Crippen LogP contribution is 2.27. The van der Waals surface area contributed by atoms with Crippen LogP contribution in [-0.4, -0.2) is 21.5 Å². The summed E-state index contributed by atoms with van der Waals surface area (Å²) in [6, 6.07) is 20.0. The van der Waals surface area contributed by atoms with Gasteiger partial charge in [0.1, 0.15) is 17.1 Å². The number of thiocarbonyl (C=S) groups is 1. The van der Waals surface area contributed by atoms with Crippen LogP contribution in [0.1, 0.15) is 5.69 Å². The Bertz CT molecular complexity index is 1120. The standard InChI is InChI=1S/C22H17N3O3S/c1-24-13-5-6-16(24)14-19-20(26)23-22(29)25(21(19)27)15-9-11-18(12-10-15)28-17-7-3-2-4-8-17/h2-14H,1H3,(H,23,26,29)/b19-14-. The number of anilines is 1. The van der Waals surface area contributed by atoms with Crippen LogP contribution in [0.4, 0.5) is 5.69 Å². The lowest BCUT2D eigenvalue weighted by Gasteiger charge is -2.29. The smallest absolute Gasteiger partial charge is 0.270 e. The molecule has 1 aromatic heterocycles. The highest BCUT2D eigenvalue weighted by atomic mass is 32.1. The van der Waals surface area contributed by atoms with Gasteiger partial charge in [0.2, 0.25) is 0 Å². The van der Waals surface area contributed by atoms with Crippen molar-refractivity contribution in [1.82, 2.24) is 9.88 Å². The molecule has 0 aliphatic carbocycles. The molecule has 2 heterocycles. The number of aryl methyl sites for hydroxylation is 1. The van der Waals surface area contributed by atoms with Gasteiger partial charge in [-0.3, -0.25) is 19.8 Å². The Kier molecular flexibility index (Phi) is 4.97. The number of hydrogen-bond acceptors (Lipinski definition) is 4. The molecule has 2 aromatic carbocycles. The number of benzene rings is 2. The SMILES string of the molecule is Cn1cccc1/C=C1/C(=O)NC(=S)N(c2ccc(Oc3ccccc3)cc2)C1=O. The Hall–Kier alpha value is -3.71. The zero-order valence-corrected chi connectivity index (χ0v) is 16.3. The van der Waals surface area contributed by atoms with E-state index in [1.165, 1.54) is 4.90 Å². The summed E-state index contributed by atoms with van der Waals surface area (Å²) in [6.07, 6.45) is 3.39. The summed E-state index contributed by atoms with van der Waals surface area (Å²) in [6.45, 7) is 0. The molecular formula is C22H17N3O3S. The number of carbonyl (C=O) groups is 2. The van der Waals surface area contributed by atoms with E-state index in [1.54, 1.807) is 30.3 Å². The molecule has 6 nitrogen and oxygen atoms in total. The quantitative estimate of drug-likeness (QED) is 0.410. The Morgan fingerprint density at radius 1 is 0.931 bits per heavy atom. The van der Waals surface area contributed by atoms with Crippen LogP contribution in [0.5, 0.6) is 11.5 Å². The molecule has 0 unspecified atom stereocenters. The second-order valence-electron chi connectivity index (χ2n) is 6.41. The van der Waals surface area contributed by atoms with Gasteiger partial charge in [-0.05, 0) is 66.8 Å². The lowest BCUT2D eigenvalue weighted by atomic mass is 10.1. The molecule has 0 atom stereocenters. The first-order chi connectivity index (χ1) is 14.0. The lowest BCUT2D eigenvalue weighted by molar-refractivity contribution is -0.122. The van der Waals surface area contributed by atoms with Gasteiger partial charge in [0.25, 0.3) is 11.8 Å². The number of aromatic nitrogens is 1. The van der Waals surface area contributed by atoms with Crippen LogP contribution in [0.25, 0.3) is 6.08 Å². The third-order valence-corrected chi connectivity index (χ3v) is 4.74. The number of amides is 2. The first-order valence-electron chi connectivity index (χ1n) is 8.89. The summed E-state index contributed by atoms with van der Waals surface area (Å²) < 4.78 is 7.60. The second-order valence-corrected chi connectivity index (χ2v) is 6.80. The molecule has 1 aliphatic rings. The van der Waals surface area contributed by atoms with E-state index in [2.05, 4.69) is 5.32 Å². The highest BCUT2D eigenvalue weighted by molar-refractivity contribution is 7.80. The van der Waals surface area contributed by atoms with Gasteiger partial charge < -0.3 is 9.30 Å². The monoisotopic (exact) mass is 403 g/mol. The number of para-hydroxylation sites is 1. The lowest BCUT2D eigenvalue weighted by Crippen LogP contribution is -2.54. The molecule has 0 spiro atoms. The minimum Gasteiger partial charge on any atom is -0.457 e. The summed E-state index contributed by atoms with van der Waals surface area (Å²) in [4.78, 5) is 26.7. The van der Waals surface area contributed by atoms with Crippen molar-refractivity contribution in [2.24, 2.45) is 7.05 Å². The summed E-state index contributed by atoms with van der Waals surface area (Å²) in [5.74, 6) is 0.349. The molecule has 7 heteroatoms. The number of rotatable bonds is 4. The number of ether oxygens (including phenoxy) is 1. The number of nitrogens with one attached hydrogen (secondary N) is 1. The van der Waals surface area contributed by atoms with Crippen molar-refractivity contribution in [3.63, 3.8) is 0 Å². The van der Waals surface area contributed by atoms with Crippen molar-refractivity contribution < 1.29 is 14.3 Å². The predicted octanol–water partition coefficient (Wildman–Crippen LogP) is 3.65. The van der Waals surface area contributed by atoms with Crippen molar-refractivity contribution in [3.05, 3.63) is 84.2 Å². The summed E-state index contributed by atoms with van der Waals surface area (Å²) >= 11 is 5.24. The predicted molar refractivity (Wildman–Crippen MR) is 115 cm³/mol. The summed E-state index contributed by atoms with van der Waals surface area (Å²) in [5.41, 5.74) is 1.30. The van der Waals surface area contributed by atoms with Gasteiger partial charge in [0, 0.05) is 18.9 Å². The molecule has 3 aromatic rings. The van der Waals surface area contributed by atoms with Gasteiger partial charge in [-0.1, -0.05) is 18.2 Å². The second kappa shape index (κ2) is 7.73. The number of hydrogen-bond donors (Lipinski definition) is 1. The molecule has 1 aliphatic heterocycles. The summed E-state index contributed by atoms with van der Waals surface area (Å²) in [5, 5.41) is 2.63. The summed E-state index contributed by atoms with van der Waals surface area (Å²) in [7, 11) is 1.84. The first-order valence-corrected chi connectivity index (χ1v) is 9.29. The van der Waals surface area contributed by atoms with E-state index >= 15 is 0 Å². The zero-order valence-electron chi connectivity index (χ0n) is 15.5. The topological polar surface area (TPSA) is 63.6 Å². The molecule has 4 rings (SSSR count). The molecule has 1 saturated heterocycles. The molecule has 2 amide bonds. The Morgan fingerprint density at radius 3 is 2.28 bits per heavy atom. The maximum Gasteiger partial charge on any atom is 0.270 e. The molecule has 1 fully saturated rings. The Balaban J connectivity index is 1.60. The van der Waals surface area contributed by atoms with Gasteiger partial charge in [-0.2, -0.15) is 0 Å². The van der Waals surface area contributed by atoms with Crippen LogP contribution in [0.15, 0.2) is 78.5 Å². The maximum atomic E-state index is 13.0. The number of carbonyl (C=O) groups excluding carboxylic acids is 2. The molecule has 0 radical (unpaired) electrons. The van der Waals surface area contributed by atoms with Crippen LogP contribution in [0, 0.1) is 0 Å². The molecule has 0 bridgehead atoms.